The van der Waals surface area contributed by atoms with Crippen molar-refractivity contribution >= 4 is 21.7 Å². The van der Waals surface area contributed by atoms with E-state index in [2.05, 4.69) is 5.32 Å². The van der Waals surface area contributed by atoms with Gasteiger partial charge in [-0.1, -0.05) is 0 Å². The molecule has 0 aliphatic heterocycles. The number of rotatable bonds is 8. The van der Waals surface area contributed by atoms with Crippen molar-refractivity contribution in [2.24, 2.45) is 5.92 Å². The summed E-state index contributed by atoms with van der Waals surface area (Å²) in [5, 5.41) is 12.0. The molecule has 0 aromatic heterocycles. The number of carbonyl (C=O) groups excluding carboxylic acids is 1. The second kappa shape index (κ2) is 7.36. The highest BCUT2D eigenvalue weighted by Crippen LogP contribution is 2.33. The van der Waals surface area contributed by atoms with Gasteiger partial charge in [0.15, 0.2) is 9.84 Å². The van der Waals surface area contributed by atoms with Crippen LogP contribution >= 0.6 is 0 Å². The zero-order valence-electron chi connectivity index (χ0n) is 14.7. The molecule has 0 spiro atoms. The minimum Gasteiger partial charge on any atom is -0.480 e. The van der Waals surface area contributed by atoms with Gasteiger partial charge in [-0.25, -0.2) is 8.42 Å². The summed E-state index contributed by atoms with van der Waals surface area (Å²) in [5.74, 6) is -0.430. The highest BCUT2D eigenvalue weighted by atomic mass is 32.2. The maximum absolute atomic E-state index is 12.3. The maximum atomic E-state index is 12.3. The van der Waals surface area contributed by atoms with Gasteiger partial charge in [0.1, 0.15) is 0 Å². The molecule has 0 unspecified atom stereocenters. The zero-order chi connectivity index (χ0) is 18.9. The van der Waals surface area contributed by atoms with Gasteiger partial charge in [-0.15, -0.1) is 0 Å². The fourth-order valence-electron chi connectivity index (χ4n) is 3.27. The van der Waals surface area contributed by atoms with Gasteiger partial charge < -0.3 is 10.4 Å². The molecule has 1 amide bonds. The fourth-order valence-corrected chi connectivity index (χ4v) is 3.91. The molecule has 142 valence electrons. The lowest BCUT2D eigenvalue weighted by molar-refractivity contribution is -0.139. The van der Waals surface area contributed by atoms with Crippen molar-refractivity contribution in [2.45, 2.75) is 42.7 Å². The van der Waals surface area contributed by atoms with E-state index in [1.165, 1.54) is 37.1 Å². The number of hydrogen-bond donors (Lipinski definition) is 2. The normalized spacial score (nSPS) is 22.7. The van der Waals surface area contributed by atoms with Gasteiger partial charge in [0, 0.05) is 30.4 Å². The Kier molecular flexibility index (Phi) is 5.34. The van der Waals surface area contributed by atoms with Crippen LogP contribution in [0.1, 0.15) is 36.0 Å². The van der Waals surface area contributed by atoms with Gasteiger partial charge >= 0.3 is 5.97 Å². The van der Waals surface area contributed by atoms with E-state index in [0.29, 0.717) is 11.5 Å². The molecule has 2 fully saturated rings. The van der Waals surface area contributed by atoms with Crippen molar-refractivity contribution in [2.75, 3.05) is 19.3 Å². The number of carbonyl (C=O) groups is 2. The Morgan fingerprint density at radius 3 is 2.31 bits per heavy atom. The molecule has 2 aliphatic carbocycles. The zero-order valence-corrected chi connectivity index (χ0v) is 15.5. The number of sulfone groups is 1. The average molecular weight is 380 g/mol. The SMILES string of the molecule is CS(=O)(=O)c1ccc(C(=O)NC2CC(N(CC(=O)O)CC3CC3)C2)cc1. The number of nitrogens with zero attached hydrogens (tertiary/aromatic N) is 1. The lowest BCUT2D eigenvalue weighted by Crippen LogP contribution is -2.55. The van der Waals surface area contributed by atoms with Crippen LogP contribution in [0, 0.1) is 5.92 Å². The van der Waals surface area contributed by atoms with Gasteiger partial charge in [-0.2, -0.15) is 0 Å². The number of benzene rings is 1. The number of hydrogen-bond acceptors (Lipinski definition) is 5. The van der Waals surface area contributed by atoms with Crippen LogP contribution < -0.4 is 5.32 Å². The number of carboxylic acid groups (broad SMARTS) is 1. The third-order valence-corrected chi connectivity index (χ3v) is 6.17. The minimum atomic E-state index is -3.28. The molecular weight excluding hydrogens is 356 g/mol. The first-order chi connectivity index (χ1) is 12.2. The quantitative estimate of drug-likeness (QED) is 0.701. The molecule has 0 bridgehead atoms. The number of nitrogens with one attached hydrogen (secondary N) is 1. The van der Waals surface area contributed by atoms with Gasteiger partial charge in [-0.05, 0) is 55.9 Å². The predicted octanol–water partition coefficient (Wildman–Crippen LogP) is 1.15. The third-order valence-electron chi connectivity index (χ3n) is 5.04. The highest BCUT2D eigenvalue weighted by Gasteiger charge is 2.37. The minimum absolute atomic E-state index is 0.0255. The summed E-state index contributed by atoms with van der Waals surface area (Å²) >= 11 is 0. The van der Waals surface area contributed by atoms with Gasteiger partial charge in [0.05, 0.1) is 11.4 Å². The van der Waals surface area contributed by atoms with E-state index in [4.69, 9.17) is 5.11 Å². The van der Waals surface area contributed by atoms with E-state index in [1.807, 2.05) is 4.90 Å². The molecule has 2 N–H and O–H groups in total. The van der Waals surface area contributed by atoms with Crippen LogP contribution in [0.25, 0.3) is 0 Å². The van der Waals surface area contributed by atoms with Crippen molar-refractivity contribution in [3.63, 3.8) is 0 Å². The van der Waals surface area contributed by atoms with E-state index in [9.17, 15) is 18.0 Å². The van der Waals surface area contributed by atoms with Crippen molar-refractivity contribution in [1.29, 1.82) is 0 Å². The summed E-state index contributed by atoms with van der Waals surface area (Å²) in [4.78, 5) is 25.5. The van der Waals surface area contributed by atoms with Crippen LogP contribution in [0.15, 0.2) is 29.2 Å². The number of carboxylic acids is 1. The standard InChI is InChI=1S/C18H24N2O5S/c1-26(24,25)16-6-4-13(5-7-16)18(23)19-14-8-15(9-14)20(11-17(21)22)10-12-2-3-12/h4-7,12,14-15H,2-3,8-11H2,1H3,(H,19,23)(H,21,22). The van der Waals surface area contributed by atoms with Crippen molar-refractivity contribution in [1.82, 2.24) is 10.2 Å². The molecule has 0 heterocycles. The Morgan fingerprint density at radius 2 is 1.81 bits per heavy atom. The molecule has 0 atom stereocenters. The summed E-state index contributed by atoms with van der Waals surface area (Å²) in [6.07, 6.45) is 4.96. The summed E-state index contributed by atoms with van der Waals surface area (Å²) in [7, 11) is -3.28. The number of aliphatic carboxylic acids is 1. The Morgan fingerprint density at radius 1 is 1.19 bits per heavy atom. The van der Waals surface area contributed by atoms with Gasteiger partial charge in [0.2, 0.25) is 0 Å². The van der Waals surface area contributed by atoms with Gasteiger partial charge in [0.25, 0.3) is 5.91 Å². The topological polar surface area (TPSA) is 104 Å². The summed E-state index contributed by atoms with van der Waals surface area (Å²) in [5.41, 5.74) is 0.418. The maximum Gasteiger partial charge on any atom is 0.317 e. The lowest BCUT2D eigenvalue weighted by atomic mass is 9.85. The molecule has 2 aliphatic rings. The van der Waals surface area contributed by atoms with Crippen molar-refractivity contribution < 1.29 is 23.1 Å². The summed E-state index contributed by atoms with van der Waals surface area (Å²) in [6, 6.07) is 6.09. The molecular formula is C18H24N2O5S. The molecule has 0 radical (unpaired) electrons. The Labute approximate surface area is 153 Å². The molecule has 1 aromatic rings. The van der Waals surface area contributed by atoms with E-state index >= 15 is 0 Å². The van der Waals surface area contributed by atoms with Crippen LogP contribution in [0.3, 0.4) is 0 Å². The van der Waals surface area contributed by atoms with Crippen LogP contribution in [-0.4, -0.2) is 61.7 Å². The average Bonchev–Trinajstić information content (AvgIpc) is 3.32. The number of amides is 1. The first-order valence-corrected chi connectivity index (χ1v) is 10.7. The lowest BCUT2D eigenvalue weighted by Gasteiger charge is -2.42. The second-order valence-electron chi connectivity index (χ2n) is 7.36. The third kappa shape index (κ3) is 4.82. The summed E-state index contributed by atoms with van der Waals surface area (Å²) < 4.78 is 22.9. The Hall–Kier alpha value is -1.93. The molecule has 1 aromatic carbocycles. The summed E-state index contributed by atoms with van der Waals surface area (Å²) in [6.45, 7) is 0.874. The van der Waals surface area contributed by atoms with Crippen LogP contribution in [-0.2, 0) is 14.6 Å². The molecule has 26 heavy (non-hydrogen) atoms. The fraction of sp³-hybridized carbons (Fsp3) is 0.556. The van der Waals surface area contributed by atoms with Crippen LogP contribution in [0.4, 0.5) is 0 Å². The van der Waals surface area contributed by atoms with Crippen LogP contribution in [0.5, 0.6) is 0 Å². The second-order valence-corrected chi connectivity index (χ2v) is 9.37. The Balaban J connectivity index is 1.51. The molecule has 7 nitrogen and oxygen atoms in total. The van der Waals surface area contributed by atoms with Crippen molar-refractivity contribution in [3.8, 4) is 0 Å². The first kappa shape index (κ1) is 18.8. The van der Waals surface area contributed by atoms with E-state index in [1.54, 1.807) is 0 Å². The molecule has 3 rings (SSSR count). The van der Waals surface area contributed by atoms with E-state index < -0.39 is 15.8 Å². The smallest absolute Gasteiger partial charge is 0.317 e. The predicted molar refractivity (Wildman–Crippen MR) is 95.8 cm³/mol. The van der Waals surface area contributed by atoms with E-state index in [0.717, 1.165) is 25.6 Å². The first-order valence-electron chi connectivity index (χ1n) is 8.79. The molecule has 2 saturated carbocycles. The molecule has 0 saturated heterocycles. The van der Waals surface area contributed by atoms with Gasteiger partial charge in [-0.3, -0.25) is 14.5 Å². The molecule has 8 heteroatoms. The highest BCUT2D eigenvalue weighted by molar-refractivity contribution is 7.90. The van der Waals surface area contributed by atoms with E-state index in [-0.39, 0.29) is 29.4 Å². The monoisotopic (exact) mass is 380 g/mol. The van der Waals surface area contributed by atoms with Crippen LogP contribution in [0.2, 0.25) is 0 Å². The largest absolute Gasteiger partial charge is 0.480 e. The Bertz CT molecular complexity index is 780. The van der Waals surface area contributed by atoms with Crippen molar-refractivity contribution in [3.05, 3.63) is 29.8 Å².